The van der Waals surface area contributed by atoms with Crippen LogP contribution in [0.2, 0.25) is 0 Å². The Balaban J connectivity index is 1.62. The Morgan fingerprint density at radius 2 is 2.17 bits per heavy atom. The number of H-pyrrole nitrogens is 1. The highest BCUT2D eigenvalue weighted by molar-refractivity contribution is 7.12. The van der Waals surface area contributed by atoms with Crippen LogP contribution in [0.25, 0.3) is 17.0 Å². The van der Waals surface area contributed by atoms with E-state index in [1.165, 1.54) is 0 Å². The molecule has 2 aromatic heterocycles. The molecule has 1 aromatic carbocycles. The highest BCUT2D eigenvalue weighted by atomic mass is 32.1. The number of thiophene rings is 1. The molecule has 0 fully saturated rings. The fourth-order valence-corrected chi connectivity index (χ4v) is 3.39. The van der Waals surface area contributed by atoms with Crippen LogP contribution in [0.1, 0.15) is 15.3 Å². The molecular formula is C19H17N3OS. The standard InChI is InChI=1S/C19H17N3OS/c1-13-6-7-16(24-13)10-15(11-20)19(23)21-9-8-14-12-22-18-5-3-2-4-17(14)18/h2-7,10,12,22H,8-9H2,1H3,(H,21,23). The lowest BCUT2D eigenvalue weighted by Gasteiger charge is -2.03. The SMILES string of the molecule is Cc1ccc(C=C(C#N)C(=O)NCCc2c[nH]c3ccccc23)s1. The Morgan fingerprint density at radius 3 is 2.92 bits per heavy atom. The predicted molar refractivity (Wildman–Crippen MR) is 97.7 cm³/mol. The van der Waals surface area contributed by atoms with E-state index >= 15 is 0 Å². The molecule has 0 saturated carbocycles. The number of para-hydroxylation sites is 1. The van der Waals surface area contributed by atoms with E-state index in [0.717, 1.165) is 26.2 Å². The smallest absolute Gasteiger partial charge is 0.261 e. The fraction of sp³-hybridized carbons (Fsp3) is 0.158. The van der Waals surface area contributed by atoms with Crippen molar-refractivity contribution in [2.24, 2.45) is 0 Å². The number of carbonyl (C=O) groups excluding carboxylic acids is 1. The number of benzene rings is 1. The summed E-state index contributed by atoms with van der Waals surface area (Å²) < 4.78 is 0. The normalized spacial score (nSPS) is 11.4. The van der Waals surface area contributed by atoms with Crippen LogP contribution in [0.3, 0.4) is 0 Å². The molecule has 5 heteroatoms. The van der Waals surface area contributed by atoms with Crippen LogP contribution in [0.4, 0.5) is 0 Å². The Morgan fingerprint density at radius 1 is 1.33 bits per heavy atom. The minimum atomic E-state index is -0.330. The summed E-state index contributed by atoms with van der Waals surface area (Å²) in [5.74, 6) is -0.330. The first-order valence-electron chi connectivity index (χ1n) is 7.69. The molecule has 2 N–H and O–H groups in total. The van der Waals surface area contributed by atoms with Crippen molar-refractivity contribution in [1.82, 2.24) is 10.3 Å². The Kier molecular flexibility index (Phi) is 4.78. The second-order valence-electron chi connectivity index (χ2n) is 5.48. The van der Waals surface area contributed by atoms with Gasteiger partial charge in [0.05, 0.1) is 0 Å². The minimum absolute atomic E-state index is 0.135. The maximum atomic E-state index is 12.2. The van der Waals surface area contributed by atoms with Gasteiger partial charge < -0.3 is 10.3 Å². The summed E-state index contributed by atoms with van der Waals surface area (Å²) in [7, 11) is 0. The molecule has 0 atom stereocenters. The van der Waals surface area contributed by atoms with Gasteiger partial charge in [-0.2, -0.15) is 5.26 Å². The highest BCUT2D eigenvalue weighted by Crippen LogP contribution is 2.19. The van der Waals surface area contributed by atoms with Crippen LogP contribution in [0.5, 0.6) is 0 Å². The molecule has 1 amide bonds. The van der Waals surface area contributed by atoms with Crippen molar-refractivity contribution in [3.8, 4) is 6.07 Å². The molecule has 120 valence electrons. The number of nitrogens with zero attached hydrogens (tertiary/aromatic N) is 1. The quantitative estimate of drug-likeness (QED) is 0.550. The summed E-state index contributed by atoms with van der Waals surface area (Å²) in [4.78, 5) is 17.5. The lowest BCUT2D eigenvalue weighted by atomic mass is 10.1. The molecule has 3 aromatic rings. The highest BCUT2D eigenvalue weighted by Gasteiger charge is 2.10. The van der Waals surface area contributed by atoms with Crippen molar-refractivity contribution >= 4 is 34.2 Å². The number of nitrogens with one attached hydrogen (secondary N) is 2. The fourth-order valence-electron chi connectivity index (χ4n) is 2.57. The van der Waals surface area contributed by atoms with E-state index in [1.54, 1.807) is 17.4 Å². The lowest BCUT2D eigenvalue weighted by Crippen LogP contribution is -2.26. The van der Waals surface area contributed by atoms with Crippen LogP contribution < -0.4 is 5.32 Å². The zero-order valence-corrected chi connectivity index (χ0v) is 14.1. The van der Waals surface area contributed by atoms with Gasteiger partial charge >= 0.3 is 0 Å². The van der Waals surface area contributed by atoms with Gasteiger partial charge in [-0.05, 0) is 43.2 Å². The summed E-state index contributed by atoms with van der Waals surface area (Å²) >= 11 is 1.56. The van der Waals surface area contributed by atoms with E-state index in [2.05, 4.69) is 16.4 Å². The molecule has 2 heterocycles. The molecule has 0 radical (unpaired) electrons. The second-order valence-corrected chi connectivity index (χ2v) is 6.80. The number of rotatable bonds is 5. The Bertz CT molecular complexity index is 943. The summed E-state index contributed by atoms with van der Waals surface area (Å²) in [5, 5.41) is 13.2. The van der Waals surface area contributed by atoms with Gasteiger partial charge in [-0.3, -0.25) is 4.79 Å². The van der Waals surface area contributed by atoms with Crippen LogP contribution in [-0.4, -0.2) is 17.4 Å². The molecule has 0 bridgehead atoms. The molecule has 0 aliphatic carbocycles. The first-order valence-corrected chi connectivity index (χ1v) is 8.50. The third-order valence-electron chi connectivity index (χ3n) is 3.77. The van der Waals surface area contributed by atoms with Crippen molar-refractivity contribution in [3.63, 3.8) is 0 Å². The largest absolute Gasteiger partial charge is 0.361 e. The second kappa shape index (κ2) is 7.16. The van der Waals surface area contributed by atoms with Gasteiger partial charge in [0.25, 0.3) is 5.91 Å². The molecule has 3 rings (SSSR count). The van der Waals surface area contributed by atoms with Gasteiger partial charge in [0, 0.05) is 33.4 Å². The van der Waals surface area contributed by atoms with E-state index in [1.807, 2.05) is 49.5 Å². The number of aromatic amines is 1. The van der Waals surface area contributed by atoms with E-state index in [-0.39, 0.29) is 11.5 Å². The van der Waals surface area contributed by atoms with Crippen molar-refractivity contribution in [2.45, 2.75) is 13.3 Å². The van der Waals surface area contributed by atoms with Crippen LogP contribution >= 0.6 is 11.3 Å². The third-order valence-corrected chi connectivity index (χ3v) is 4.72. The van der Waals surface area contributed by atoms with Crippen molar-refractivity contribution in [2.75, 3.05) is 6.54 Å². The monoisotopic (exact) mass is 335 g/mol. The molecular weight excluding hydrogens is 318 g/mol. The summed E-state index contributed by atoms with van der Waals surface area (Å²) in [6.07, 6.45) is 4.32. The summed E-state index contributed by atoms with van der Waals surface area (Å²) in [6, 6.07) is 13.9. The summed E-state index contributed by atoms with van der Waals surface area (Å²) in [5.41, 5.74) is 2.38. The average Bonchev–Trinajstić information content (AvgIpc) is 3.19. The van der Waals surface area contributed by atoms with Crippen LogP contribution in [0.15, 0.2) is 48.2 Å². The molecule has 0 spiro atoms. The van der Waals surface area contributed by atoms with E-state index in [0.29, 0.717) is 13.0 Å². The summed E-state index contributed by atoms with van der Waals surface area (Å²) in [6.45, 7) is 2.48. The number of aryl methyl sites for hydroxylation is 1. The van der Waals surface area contributed by atoms with Gasteiger partial charge in [-0.1, -0.05) is 18.2 Å². The van der Waals surface area contributed by atoms with E-state index in [9.17, 15) is 10.1 Å². The van der Waals surface area contributed by atoms with Gasteiger partial charge in [0.1, 0.15) is 11.6 Å². The number of hydrogen-bond acceptors (Lipinski definition) is 3. The lowest BCUT2D eigenvalue weighted by molar-refractivity contribution is -0.117. The third kappa shape index (κ3) is 3.55. The number of aromatic nitrogens is 1. The number of hydrogen-bond donors (Lipinski definition) is 2. The zero-order chi connectivity index (χ0) is 16.9. The topological polar surface area (TPSA) is 68.7 Å². The number of nitriles is 1. The number of carbonyl (C=O) groups is 1. The Hall–Kier alpha value is -2.84. The Labute approximate surface area is 144 Å². The molecule has 4 nitrogen and oxygen atoms in total. The van der Waals surface area contributed by atoms with Crippen LogP contribution in [-0.2, 0) is 11.2 Å². The van der Waals surface area contributed by atoms with Crippen molar-refractivity contribution < 1.29 is 4.79 Å². The number of amides is 1. The first kappa shape index (κ1) is 16.0. The van der Waals surface area contributed by atoms with Crippen molar-refractivity contribution in [1.29, 1.82) is 5.26 Å². The molecule has 0 aliphatic heterocycles. The van der Waals surface area contributed by atoms with Gasteiger partial charge in [0.2, 0.25) is 0 Å². The first-order chi connectivity index (χ1) is 11.7. The maximum Gasteiger partial charge on any atom is 0.261 e. The van der Waals surface area contributed by atoms with E-state index < -0.39 is 0 Å². The van der Waals surface area contributed by atoms with Crippen LogP contribution in [0, 0.1) is 18.3 Å². The van der Waals surface area contributed by atoms with Gasteiger partial charge in [-0.25, -0.2) is 0 Å². The average molecular weight is 335 g/mol. The maximum absolute atomic E-state index is 12.2. The van der Waals surface area contributed by atoms with E-state index in [4.69, 9.17) is 0 Å². The molecule has 24 heavy (non-hydrogen) atoms. The number of fused-ring (bicyclic) bond motifs is 1. The molecule has 0 unspecified atom stereocenters. The van der Waals surface area contributed by atoms with Crippen molar-refractivity contribution in [3.05, 3.63) is 63.5 Å². The minimum Gasteiger partial charge on any atom is -0.361 e. The van der Waals surface area contributed by atoms with Gasteiger partial charge in [-0.15, -0.1) is 11.3 Å². The van der Waals surface area contributed by atoms with Gasteiger partial charge in [0.15, 0.2) is 0 Å². The predicted octanol–water partition coefficient (Wildman–Crippen LogP) is 3.80. The zero-order valence-electron chi connectivity index (χ0n) is 13.3. The molecule has 0 saturated heterocycles. The molecule has 0 aliphatic rings.